The maximum atomic E-state index is 15.5. The van der Waals surface area contributed by atoms with E-state index in [9.17, 15) is 26.4 Å². The SMILES string of the molecule is CC(C)(C)OC(=O)S(=O)(=O)N(c1cc2ccccc2s1)C(F)c1ccc(F)c(F)c1F. The molecule has 0 N–H and O–H groups in total. The lowest BCUT2D eigenvalue weighted by atomic mass is 10.2. The molecule has 0 spiro atoms. The number of fused-ring (bicyclic) bond motifs is 1. The van der Waals surface area contributed by atoms with Gasteiger partial charge in [-0.15, -0.1) is 11.3 Å². The first-order valence-corrected chi connectivity index (χ1v) is 11.1. The summed E-state index contributed by atoms with van der Waals surface area (Å²) in [6.45, 7) is 4.23. The van der Waals surface area contributed by atoms with Gasteiger partial charge in [0.25, 0.3) is 0 Å². The average molecular weight is 475 g/mol. The van der Waals surface area contributed by atoms with E-state index in [2.05, 4.69) is 0 Å². The second-order valence-electron chi connectivity index (χ2n) is 7.49. The Kier molecular flexibility index (Phi) is 6.03. The van der Waals surface area contributed by atoms with Gasteiger partial charge in [0.2, 0.25) is 6.30 Å². The van der Waals surface area contributed by atoms with E-state index in [1.165, 1.54) is 26.8 Å². The molecule has 31 heavy (non-hydrogen) atoms. The number of ether oxygens (including phenoxy) is 1. The molecular weight excluding hydrogens is 458 g/mol. The Balaban J connectivity index is 2.19. The van der Waals surface area contributed by atoms with Gasteiger partial charge in [-0.05, 0) is 50.4 Å². The van der Waals surface area contributed by atoms with E-state index in [1.807, 2.05) is 0 Å². The van der Waals surface area contributed by atoms with Crippen LogP contribution in [0.4, 0.5) is 27.4 Å². The minimum Gasteiger partial charge on any atom is -0.447 e. The monoisotopic (exact) mass is 475 g/mol. The molecule has 0 saturated heterocycles. The standard InChI is InChI=1S/C20H17F4NO4S2/c1-20(2,3)29-19(26)31(27,28)25(15-10-11-6-4-5-7-14(11)30-15)18(24)12-8-9-13(21)17(23)16(12)22/h4-10,18H,1-3H3. The van der Waals surface area contributed by atoms with Crippen molar-refractivity contribution in [3.8, 4) is 0 Å². The number of hydrogen-bond donors (Lipinski definition) is 0. The molecule has 0 amide bonds. The van der Waals surface area contributed by atoms with Gasteiger partial charge in [-0.1, -0.05) is 18.2 Å². The summed E-state index contributed by atoms with van der Waals surface area (Å²) in [7, 11) is -5.20. The van der Waals surface area contributed by atoms with Crippen molar-refractivity contribution in [3.05, 3.63) is 65.5 Å². The average Bonchev–Trinajstić information content (AvgIpc) is 3.07. The van der Waals surface area contributed by atoms with Crippen molar-refractivity contribution in [1.82, 2.24) is 0 Å². The van der Waals surface area contributed by atoms with Crippen LogP contribution in [-0.4, -0.2) is 19.3 Å². The maximum Gasteiger partial charge on any atom is 0.445 e. The van der Waals surface area contributed by atoms with Crippen molar-refractivity contribution in [3.63, 3.8) is 0 Å². The molecule has 0 radical (unpaired) electrons. The Labute approximate surface area is 179 Å². The molecule has 0 aliphatic carbocycles. The van der Waals surface area contributed by atoms with Crippen molar-refractivity contribution in [1.29, 1.82) is 0 Å². The van der Waals surface area contributed by atoms with Crippen LogP contribution < -0.4 is 4.31 Å². The summed E-state index contributed by atoms with van der Waals surface area (Å²) in [6.07, 6.45) is -2.87. The molecule has 11 heteroatoms. The number of anilines is 1. The fraction of sp³-hybridized carbons (Fsp3) is 0.250. The largest absolute Gasteiger partial charge is 0.447 e. The Bertz CT molecular complexity index is 1220. The zero-order chi connectivity index (χ0) is 23.1. The number of sulfonamides is 1. The third kappa shape index (κ3) is 4.52. The third-order valence-electron chi connectivity index (χ3n) is 4.02. The second-order valence-corrected chi connectivity index (χ2v) is 10.2. The molecule has 0 aliphatic rings. The van der Waals surface area contributed by atoms with Gasteiger partial charge in [0.15, 0.2) is 17.5 Å². The Hall–Kier alpha value is -2.66. The number of benzene rings is 2. The minimum atomic E-state index is -5.20. The molecule has 0 aliphatic heterocycles. The highest BCUT2D eigenvalue weighted by atomic mass is 32.2. The quantitative estimate of drug-likeness (QED) is 0.199. The number of thiophene rings is 1. The van der Waals surface area contributed by atoms with Gasteiger partial charge in [-0.2, -0.15) is 8.42 Å². The third-order valence-corrected chi connectivity index (χ3v) is 6.65. The minimum absolute atomic E-state index is 0.0154. The van der Waals surface area contributed by atoms with Gasteiger partial charge >= 0.3 is 15.3 Å². The van der Waals surface area contributed by atoms with E-state index >= 15 is 4.39 Å². The van der Waals surface area contributed by atoms with E-state index in [1.54, 1.807) is 24.3 Å². The van der Waals surface area contributed by atoms with Gasteiger partial charge < -0.3 is 4.74 Å². The predicted molar refractivity (Wildman–Crippen MR) is 110 cm³/mol. The molecule has 1 heterocycles. The molecule has 0 fully saturated rings. The van der Waals surface area contributed by atoms with Crippen molar-refractivity contribution >= 4 is 41.7 Å². The van der Waals surface area contributed by atoms with Crippen molar-refractivity contribution in [2.75, 3.05) is 4.31 Å². The summed E-state index contributed by atoms with van der Waals surface area (Å²) in [4.78, 5) is 12.4. The summed E-state index contributed by atoms with van der Waals surface area (Å²) >= 11 is 0.813. The van der Waals surface area contributed by atoms with E-state index < -0.39 is 50.2 Å². The fourth-order valence-corrected chi connectivity index (χ4v) is 5.22. The van der Waals surface area contributed by atoms with Crippen LogP contribution in [0, 0.1) is 17.5 Å². The maximum absolute atomic E-state index is 15.5. The number of hydrogen-bond acceptors (Lipinski definition) is 5. The summed E-state index contributed by atoms with van der Waals surface area (Å²) < 4.78 is 88.2. The molecule has 0 bridgehead atoms. The van der Waals surface area contributed by atoms with Crippen LogP contribution in [0.25, 0.3) is 10.1 Å². The predicted octanol–water partition coefficient (Wildman–Crippen LogP) is 6.06. The highest BCUT2D eigenvalue weighted by molar-refractivity contribution is 8.07. The van der Waals surface area contributed by atoms with Gasteiger partial charge in [-0.25, -0.2) is 26.7 Å². The van der Waals surface area contributed by atoms with E-state index in [0.717, 1.165) is 11.3 Å². The smallest absolute Gasteiger partial charge is 0.445 e. The van der Waals surface area contributed by atoms with Crippen molar-refractivity contribution in [2.24, 2.45) is 0 Å². The molecule has 2 aromatic carbocycles. The Morgan fingerprint density at radius 2 is 1.71 bits per heavy atom. The van der Waals surface area contributed by atoms with E-state index in [4.69, 9.17) is 4.74 Å². The first kappa shape index (κ1) is 23.0. The summed E-state index contributed by atoms with van der Waals surface area (Å²) in [5.74, 6) is -5.44. The molecule has 166 valence electrons. The number of carbonyl (C=O) groups is 1. The van der Waals surface area contributed by atoms with Gasteiger partial charge in [0.05, 0.1) is 0 Å². The number of halogens is 4. The van der Waals surface area contributed by atoms with Crippen molar-refractivity contribution < 1.29 is 35.5 Å². The highest BCUT2D eigenvalue weighted by Gasteiger charge is 2.42. The lowest BCUT2D eigenvalue weighted by Gasteiger charge is -2.27. The zero-order valence-corrected chi connectivity index (χ0v) is 18.2. The Morgan fingerprint density at radius 3 is 2.32 bits per heavy atom. The number of nitrogens with zero attached hydrogens (tertiary/aromatic N) is 1. The first-order chi connectivity index (χ1) is 14.3. The van der Waals surface area contributed by atoms with Crippen LogP contribution in [0.2, 0.25) is 0 Å². The van der Waals surface area contributed by atoms with Gasteiger partial charge in [0, 0.05) is 10.3 Å². The normalized spacial score (nSPS) is 13.3. The first-order valence-electron chi connectivity index (χ1n) is 8.86. The van der Waals surface area contributed by atoms with Crippen LogP contribution in [-0.2, 0) is 14.8 Å². The number of rotatable bonds is 4. The van der Waals surface area contributed by atoms with E-state index in [0.29, 0.717) is 22.2 Å². The molecule has 1 atom stereocenters. The zero-order valence-electron chi connectivity index (χ0n) is 16.5. The van der Waals surface area contributed by atoms with E-state index in [-0.39, 0.29) is 9.31 Å². The van der Waals surface area contributed by atoms with Crippen LogP contribution in [0.3, 0.4) is 0 Å². The topological polar surface area (TPSA) is 63.7 Å². The highest BCUT2D eigenvalue weighted by Crippen LogP contribution is 2.41. The lowest BCUT2D eigenvalue weighted by Crippen LogP contribution is -2.40. The molecule has 1 unspecified atom stereocenters. The molecular formula is C20H17F4NO4S2. The molecule has 0 saturated carbocycles. The van der Waals surface area contributed by atoms with Crippen LogP contribution >= 0.6 is 11.3 Å². The molecule has 3 aromatic rings. The molecule has 3 rings (SSSR count). The molecule has 1 aromatic heterocycles. The summed E-state index contributed by atoms with van der Waals surface area (Å²) in [5, 5.41) is -1.52. The fourth-order valence-electron chi connectivity index (χ4n) is 2.66. The number of carbonyl (C=O) groups excluding carboxylic acids is 1. The van der Waals surface area contributed by atoms with Crippen LogP contribution in [0.1, 0.15) is 32.6 Å². The molecule has 5 nitrogen and oxygen atoms in total. The Morgan fingerprint density at radius 1 is 1.06 bits per heavy atom. The summed E-state index contributed by atoms with van der Waals surface area (Å²) in [5.41, 5.74) is -2.32. The van der Waals surface area contributed by atoms with Gasteiger partial charge in [-0.3, -0.25) is 0 Å². The van der Waals surface area contributed by atoms with Crippen molar-refractivity contribution in [2.45, 2.75) is 32.7 Å². The van der Waals surface area contributed by atoms with Crippen LogP contribution in [0.5, 0.6) is 0 Å². The lowest BCUT2D eigenvalue weighted by molar-refractivity contribution is 0.0716. The summed E-state index contributed by atoms with van der Waals surface area (Å²) in [6, 6.07) is 8.90. The van der Waals surface area contributed by atoms with Crippen LogP contribution in [0.15, 0.2) is 42.5 Å². The second kappa shape index (κ2) is 8.12. The van der Waals surface area contributed by atoms with Gasteiger partial charge in [0.1, 0.15) is 10.6 Å². The number of alkyl halides is 1.